The second kappa shape index (κ2) is 6.71. The van der Waals surface area contributed by atoms with Crippen LogP contribution in [0, 0.1) is 10.2 Å². The zero-order valence-electron chi connectivity index (χ0n) is 15.4. The molecule has 1 saturated carbocycles. The molecular formula is C22H24N2OS2. The second-order valence-corrected chi connectivity index (χ2v) is 9.74. The molecule has 5 heteroatoms. The van der Waals surface area contributed by atoms with Crippen LogP contribution in [-0.4, -0.2) is 9.55 Å². The molecule has 3 nitrogen and oxygen atoms in total. The molecule has 0 radical (unpaired) electrons. The standard InChI is InChI=1S/C22H24N2OS2/c25-20-18-16-9-12-22(10-5-2-6-11-22)13-17(16)27-19(18)23-21(26)24(20)14-15-7-3-1-4-8-15/h1,3-4,7-8H,2,5-6,9-14H2,(H,23,26). The largest absolute Gasteiger partial charge is 0.323 e. The minimum Gasteiger partial charge on any atom is -0.323 e. The number of benzene rings is 1. The maximum absolute atomic E-state index is 13.3. The van der Waals surface area contributed by atoms with Crippen LogP contribution in [0.25, 0.3) is 10.2 Å². The minimum atomic E-state index is 0.0784. The summed E-state index contributed by atoms with van der Waals surface area (Å²) < 4.78 is 2.26. The molecule has 5 rings (SSSR count). The van der Waals surface area contributed by atoms with E-state index in [1.54, 1.807) is 15.9 Å². The number of nitrogens with one attached hydrogen (secondary N) is 1. The van der Waals surface area contributed by atoms with Gasteiger partial charge in [-0.15, -0.1) is 11.3 Å². The van der Waals surface area contributed by atoms with E-state index < -0.39 is 0 Å². The van der Waals surface area contributed by atoms with Crippen LogP contribution >= 0.6 is 23.6 Å². The van der Waals surface area contributed by atoms with E-state index in [0.29, 0.717) is 16.7 Å². The number of hydrogen-bond acceptors (Lipinski definition) is 3. The molecule has 2 aromatic heterocycles. The lowest BCUT2D eigenvalue weighted by Gasteiger charge is -2.40. The summed E-state index contributed by atoms with van der Waals surface area (Å²) >= 11 is 7.31. The first kappa shape index (κ1) is 17.4. The maximum atomic E-state index is 13.3. The summed E-state index contributed by atoms with van der Waals surface area (Å²) in [6, 6.07) is 10.1. The zero-order valence-corrected chi connectivity index (χ0v) is 17.1. The molecule has 2 aliphatic rings. The third-order valence-electron chi connectivity index (χ3n) is 6.55. The Kier molecular flexibility index (Phi) is 4.32. The monoisotopic (exact) mass is 396 g/mol. The molecule has 3 aromatic rings. The van der Waals surface area contributed by atoms with Crippen LogP contribution in [0.4, 0.5) is 0 Å². The first-order valence-electron chi connectivity index (χ1n) is 9.97. The Morgan fingerprint density at radius 3 is 2.67 bits per heavy atom. The first-order valence-corrected chi connectivity index (χ1v) is 11.2. The Morgan fingerprint density at radius 2 is 1.89 bits per heavy atom. The maximum Gasteiger partial charge on any atom is 0.263 e. The Hall–Kier alpha value is -1.72. The van der Waals surface area contributed by atoms with Crippen molar-refractivity contribution in [2.75, 3.05) is 0 Å². The molecule has 0 aliphatic heterocycles. The predicted molar refractivity (Wildman–Crippen MR) is 114 cm³/mol. The van der Waals surface area contributed by atoms with Gasteiger partial charge in [0.2, 0.25) is 0 Å². The fraction of sp³-hybridized carbons (Fsp3) is 0.455. The van der Waals surface area contributed by atoms with E-state index in [0.717, 1.165) is 28.6 Å². The van der Waals surface area contributed by atoms with Gasteiger partial charge < -0.3 is 4.98 Å². The van der Waals surface area contributed by atoms with Gasteiger partial charge in [0.25, 0.3) is 5.56 Å². The van der Waals surface area contributed by atoms with E-state index in [1.807, 2.05) is 30.3 Å². The third-order valence-corrected chi connectivity index (χ3v) is 8.02. The van der Waals surface area contributed by atoms with Gasteiger partial charge in [-0.25, -0.2) is 0 Å². The van der Waals surface area contributed by atoms with Crippen molar-refractivity contribution in [1.82, 2.24) is 9.55 Å². The number of thiophene rings is 1. The minimum absolute atomic E-state index is 0.0784. The lowest BCUT2D eigenvalue weighted by molar-refractivity contribution is 0.164. The van der Waals surface area contributed by atoms with Gasteiger partial charge in [0, 0.05) is 4.88 Å². The topological polar surface area (TPSA) is 37.8 Å². The van der Waals surface area contributed by atoms with Crippen molar-refractivity contribution in [3.05, 3.63) is 61.5 Å². The molecule has 27 heavy (non-hydrogen) atoms. The Balaban J connectivity index is 1.59. The van der Waals surface area contributed by atoms with Crippen molar-refractivity contribution in [3.63, 3.8) is 0 Å². The predicted octanol–water partition coefficient (Wildman–Crippen LogP) is 5.61. The summed E-state index contributed by atoms with van der Waals surface area (Å²) in [5.41, 5.74) is 2.97. The molecule has 1 fully saturated rings. The molecule has 1 spiro atoms. The molecule has 0 atom stereocenters. The summed E-state index contributed by atoms with van der Waals surface area (Å²) in [5, 5.41) is 0.894. The van der Waals surface area contributed by atoms with Gasteiger partial charge in [-0.2, -0.15) is 0 Å². The molecule has 0 saturated heterocycles. The fourth-order valence-electron chi connectivity index (χ4n) is 5.08. The van der Waals surface area contributed by atoms with Crippen LogP contribution in [0.5, 0.6) is 0 Å². The van der Waals surface area contributed by atoms with E-state index in [9.17, 15) is 4.79 Å². The number of hydrogen-bond donors (Lipinski definition) is 1. The number of fused-ring (bicyclic) bond motifs is 3. The van der Waals surface area contributed by atoms with Crippen molar-refractivity contribution >= 4 is 33.8 Å². The Morgan fingerprint density at radius 1 is 1.11 bits per heavy atom. The number of rotatable bonds is 2. The van der Waals surface area contributed by atoms with Gasteiger partial charge in [-0.05, 0) is 60.9 Å². The highest BCUT2D eigenvalue weighted by Gasteiger charge is 2.37. The van der Waals surface area contributed by atoms with Crippen molar-refractivity contribution in [3.8, 4) is 0 Å². The fourth-order valence-corrected chi connectivity index (χ4v) is 6.81. The SMILES string of the molecule is O=c1c2c3c(sc2[nH]c(=S)n1Cc1ccccc1)CC1(CCCCC1)CC3. The van der Waals surface area contributed by atoms with Gasteiger partial charge in [0.15, 0.2) is 4.77 Å². The number of aryl methyl sites for hydroxylation is 1. The van der Waals surface area contributed by atoms with E-state index >= 15 is 0 Å². The Labute approximate surface area is 168 Å². The van der Waals surface area contributed by atoms with Crippen LogP contribution in [0.3, 0.4) is 0 Å². The summed E-state index contributed by atoms with van der Waals surface area (Å²) in [7, 11) is 0. The molecule has 0 amide bonds. The van der Waals surface area contributed by atoms with Gasteiger partial charge in [0.05, 0.1) is 11.9 Å². The molecule has 1 N–H and O–H groups in total. The number of aromatic nitrogens is 2. The second-order valence-electron chi connectivity index (χ2n) is 8.25. The van der Waals surface area contributed by atoms with Gasteiger partial charge >= 0.3 is 0 Å². The van der Waals surface area contributed by atoms with Crippen molar-refractivity contribution in [2.45, 2.75) is 57.9 Å². The van der Waals surface area contributed by atoms with Gasteiger partial charge in [0.1, 0.15) is 4.83 Å². The van der Waals surface area contributed by atoms with E-state index in [1.165, 1.54) is 49.0 Å². The quantitative estimate of drug-likeness (QED) is 0.572. The van der Waals surface area contributed by atoms with Crippen LogP contribution in [0.1, 0.15) is 54.5 Å². The normalized spacial score (nSPS) is 18.7. The highest BCUT2D eigenvalue weighted by Crippen LogP contribution is 2.49. The van der Waals surface area contributed by atoms with Crippen molar-refractivity contribution in [1.29, 1.82) is 0 Å². The third kappa shape index (κ3) is 3.01. The molecule has 2 heterocycles. The first-order chi connectivity index (χ1) is 13.2. The summed E-state index contributed by atoms with van der Waals surface area (Å²) in [4.78, 5) is 19.1. The van der Waals surface area contributed by atoms with Crippen LogP contribution in [0.15, 0.2) is 35.1 Å². The van der Waals surface area contributed by atoms with Crippen LogP contribution in [-0.2, 0) is 19.4 Å². The molecule has 0 unspecified atom stereocenters. The number of aromatic amines is 1. The van der Waals surface area contributed by atoms with E-state index in [4.69, 9.17) is 12.2 Å². The molecule has 2 aliphatic carbocycles. The van der Waals surface area contributed by atoms with Crippen LogP contribution < -0.4 is 5.56 Å². The van der Waals surface area contributed by atoms with E-state index in [2.05, 4.69) is 4.98 Å². The van der Waals surface area contributed by atoms with Crippen molar-refractivity contribution in [2.24, 2.45) is 5.41 Å². The highest BCUT2D eigenvalue weighted by atomic mass is 32.1. The van der Waals surface area contributed by atoms with Crippen molar-refractivity contribution < 1.29 is 0 Å². The highest BCUT2D eigenvalue weighted by molar-refractivity contribution is 7.71. The summed E-state index contributed by atoms with van der Waals surface area (Å²) in [6.45, 7) is 0.527. The summed E-state index contributed by atoms with van der Waals surface area (Å²) in [5.74, 6) is 0. The molecular weight excluding hydrogens is 372 g/mol. The van der Waals surface area contributed by atoms with Gasteiger partial charge in [-0.3, -0.25) is 9.36 Å². The average Bonchev–Trinajstić information content (AvgIpc) is 3.03. The lowest BCUT2D eigenvalue weighted by atomic mass is 9.65. The Bertz CT molecular complexity index is 1100. The van der Waals surface area contributed by atoms with E-state index in [-0.39, 0.29) is 5.56 Å². The van der Waals surface area contributed by atoms with Gasteiger partial charge in [-0.1, -0.05) is 49.6 Å². The average molecular weight is 397 g/mol. The number of nitrogens with zero attached hydrogens (tertiary/aromatic N) is 1. The number of H-pyrrole nitrogens is 1. The summed E-state index contributed by atoms with van der Waals surface area (Å²) in [6.07, 6.45) is 10.3. The molecule has 0 bridgehead atoms. The smallest absolute Gasteiger partial charge is 0.263 e. The lowest BCUT2D eigenvalue weighted by Crippen LogP contribution is -2.31. The zero-order chi connectivity index (χ0) is 18.4. The molecule has 140 valence electrons. The van der Waals surface area contributed by atoms with Crippen LogP contribution in [0.2, 0.25) is 0 Å². The molecule has 1 aromatic carbocycles.